The largest absolute Gasteiger partial charge is 0.271 e. The first-order chi connectivity index (χ1) is 14.8. The van der Waals surface area contributed by atoms with Crippen LogP contribution in [-0.4, -0.2) is 21.9 Å². The summed E-state index contributed by atoms with van der Waals surface area (Å²) in [4.78, 5) is 12.4. The molecule has 160 valence electrons. The molecular weight excluding hydrogens is 384 g/mol. The monoisotopic (exact) mass is 414 g/mol. The van der Waals surface area contributed by atoms with Gasteiger partial charge in [0.05, 0.1) is 18.5 Å². The summed E-state index contributed by atoms with van der Waals surface area (Å²) in [5, 5.41) is 8.56. The van der Waals surface area contributed by atoms with Crippen LogP contribution < -0.4 is 5.43 Å². The van der Waals surface area contributed by atoms with Crippen molar-refractivity contribution in [3.05, 3.63) is 93.8 Å². The highest BCUT2D eigenvalue weighted by Crippen LogP contribution is 2.16. The molecule has 0 aliphatic rings. The van der Waals surface area contributed by atoms with E-state index in [4.69, 9.17) is 0 Å². The first-order valence-corrected chi connectivity index (χ1v) is 10.5. The fraction of sp³-hybridized carbons (Fsp3) is 0.269. The molecule has 0 aliphatic carbocycles. The molecule has 0 atom stereocenters. The molecule has 0 unspecified atom stereocenters. The minimum atomic E-state index is -0.233. The van der Waals surface area contributed by atoms with Gasteiger partial charge in [-0.15, -0.1) is 0 Å². The normalized spacial score (nSPS) is 12.0. The highest BCUT2D eigenvalue weighted by atomic mass is 16.2. The second-order valence-electron chi connectivity index (χ2n) is 8.19. The van der Waals surface area contributed by atoms with Crippen molar-refractivity contribution in [1.82, 2.24) is 15.2 Å². The molecule has 0 bridgehead atoms. The first kappa shape index (κ1) is 22.2. The van der Waals surface area contributed by atoms with Gasteiger partial charge in [-0.25, -0.2) is 5.43 Å². The molecule has 3 rings (SSSR count). The topological polar surface area (TPSA) is 59.3 Å². The lowest BCUT2D eigenvalue weighted by atomic mass is 10.0. The van der Waals surface area contributed by atoms with Gasteiger partial charge in [0, 0.05) is 11.3 Å². The van der Waals surface area contributed by atoms with Crippen molar-refractivity contribution in [1.29, 1.82) is 0 Å². The quantitative estimate of drug-likeness (QED) is 0.410. The molecule has 0 fully saturated rings. The molecule has 5 heteroatoms. The maximum atomic E-state index is 12.4. The Morgan fingerprint density at radius 3 is 2.35 bits per heavy atom. The van der Waals surface area contributed by atoms with E-state index in [1.165, 1.54) is 5.56 Å². The number of benzene rings is 2. The van der Waals surface area contributed by atoms with E-state index in [9.17, 15) is 4.79 Å². The van der Waals surface area contributed by atoms with Crippen molar-refractivity contribution in [3.63, 3.8) is 0 Å². The van der Waals surface area contributed by atoms with Gasteiger partial charge in [-0.3, -0.25) is 9.48 Å². The van der Waals surface area contributed by atoms with Crippen molar-refractivity contribution in [2.24, 2.45) is 5.10 Å². The number of hydrazone groups is 1. The van der Waals surface area contributed by atoms with E-state index >= 15 is 0 Å². The van der Waals surface area contributed by atoms with Crippen molar-refractivity contribution in [2.75, 3.05) is 0 Å². The van der Waals surface area contributed by atoms with Crippen LogP contribution in [0.15, 0.2) is 65.3 Å². The van der Waals surface area contributed by atoms with Crippen molar-refractivity contribution < 1.29 is 4.79 Å². The molecule has 1 heterocycles. The molecule has 5 nitrogen and oxygen atoms in total. The van der Waals surface area contributed by atoms with Gasteiger partial charge < -0.3 is 0 Å². The Balaban J connectivity index is 1.55. The van der Waals surface area contributed by atoms with Crippen LogP contribution in [0.25, 0.3) is 6.08 Å². The summed E-state index contributed by atoms with van der Waals surface area (Å²) < 4.78 is 1.96. The van der Waals surface area contributed by atoms with Crippen LogP contribution in [-0.2, 0) is 6.54 Å². The lowest BCUT2D eigenvalue weighted by Crippen LogP contribution is -2.17. The SMILES string of the molecule is CC(/C=N\NC(=O)c1ccc(Cn2nc(C)cc2C)cc1)=C\c1ccc(C(C)C)cc1. The molecule has 3 aromatic rings. The number of rotatable bonds is 7. The molecule has 1 aromatic heterocycles. The Morgan fingerprint density at radius 2 is 1.77 bits per heavy atom. The Hall–Kier alpha value is -3.47. The summed E-state index contributed by atoms with van der Waals surface area (Å²) in [6.07, 6.45) is 3.69. The van der Waals surface area contributed by atoms with E-state index in [0.717, 1.165) is 28.1 Å². The Bertz CT molecular complexity index is 1090. The zero-order chi connectivity index (χ0) is 22.4. The fourth-order valence-corrected chi connectivity index (χ4v) is 3.30. The number of carbonyl (C=O) groups is 1. The maximum Gasteiger partial charge on any atom is 0.271 e. The van der Waals surface area contributed by atoms with Gasteiger partial charge in [0.25, 0.3) is 5.91 Å². The summed E-state index contributed by atoms with van der Waals surface area (Å²) in [5.41, 5.74) is 9.76. The predicted octanol–water partition coefficient (Wildman–Crippen LogP) is 5.49. The van der Waals surface area contributed by atoms with E-state index in [-0.39, 0.29) is 5.91 Å². The number of aryl methyl sites for hydroxylation is 2. The van der Waals surface area contributed by atoms with E-state index in [1.54, 1.807) is 6.21 Å². The third-order valence-corrected chi connectivity index (χ3v) is 5.08. The maximum absolute atomic E-state index is 12.4. The molecule has 0 saturated carbocycles. The number of nitrogens with one attached hydrogen (secondary N) is 1. The average Bonchev–Trinajstić information content (AvgIpc) is 3.05. The van der Waals surface area contributed by atoms with E-state index in [1.807, 2.05) is 55.8 Å². The molecule has 1 N–H and O–H groups in total. The van der Waals surface area contributed by atoms with Gasteiger partial charge in [-0.05, 0) is 67.2 Å². The standard InChI is InChI=1S/C26H30N4O/c1-18(2)24-10-6-22(7-11-24)14-19(3)16-27-28-26(31)25-12-8-23(9-13-25)17-30-21(5)15-20(4)29-30/h6-16,18H,17H2,1-5H3,(H,28,31)/b19-14+,27-16-. The molecule has 1 amide bonds. The second-order valence-corrected chi connectivity index (χ2v) is 8.19. The number of aromatic nitrogens is 2. The van der Waals surface area contributed by atoms with Crippen LogP contribution in [0.1, 0.15) is 65.1 Å². The van der Waals surface area contributed by atoms with Gasteiger partial charge in [0.1, 0.15) is 0 Å². The van der Waals surface area contributed by atoms with E-state index in [2.05, 4.69) is 59.8 Å². The zero-order valence-electron chi connectivity index (χ0n) is 18.9. The number of nitrogens with zero attached hydrogens (tertiary/aromatic N) is 3. The highest BCUT2D eigenvalue weighted by molar-refractivity contribution is 5.95. The van der Waals surface area contributed by atoms with Crippen LogP contribution in [0.3, 0.4) is 0 Å². The highest BCUT2D eigenvalue weighted by Gasteiger charge is 2.06. The zero-order valence-corrected chi connectivity index (χ0v) is 18.9. The van der Waals surface area contributed by atoms with Crippen LogP contribution >= 0.6 is 0 Å². The van der Waals surface area contributed by atoms with Crippen molar-refractivity contribution in [3.8, 4) is 0 Å². The fourth-order valence-electron chi connectivity index (χ4n) is 3.30. The van der Waals surface area contributed by atoms with Gasteiger partial charge >= 0.3 is 0 Å². The molecule has 0 spiro atoms. The summed E-state index contributed by atoms with van der Waals surface area (Å²) in [6, 6.07) is 18.0. The van der Waals surface area contributed by atoms with Gasteiger partial charge in [0.2, 0.25) is 0 Å². The summed E-state index contributed by atoms with van der Waals surface area (Å²) in [6.45, 7) is 11.0. The van der Waals surface area contributed by atoms with Gasteiger partial charge in [0.15, 0.2) is 0 Å². The molecule has 0 radical (unpaired) electrons. The molecule has 31 heavy (non-hydrogen) atoms. The minimum Gasteiger partial charge on any atom is -0.267 e. The lowest BCUT2D eigenvalue weighted by Gasteiger charge is -2.06. The summed E-state index contributed by atoms with van der Waals surface area (Å²) in [5.74, 6) is 0.284. The number of amides is 1. The molecule has 0 saturated heterocycles. The first-order valence-electron chi connectivity index (χ1n) is 10.5. The van der Waals surface area contributed by atoms with Crippen molar-refractivity contribution in [2.45, 2.75) is 47.1 Å². The molecular formula is C26H30N4O. The number of hydrogen-bond acceptors (Lipinski definition) is 3. The van der Waals surface area contributed by atoms with Crippen LogP contribution in [0.5, 0.6) is 0 Å². The molecule has 2 aromatic carbocycles. The summed E-state index contributed by atoms with van der Waals surface area (Å²) >= 11 is 0. The Kier molecular flexibility index (Phi) is 7.19. The van der Waals surface area contributed by atoms with Crippen LogP contribution in [0.4, 0.5) is 0 Å². The van der Waals surface area contributed by atoms with Crippen LogP contribution in [0.2, 0.25) is 0 Å². The third kappa shape index (κ3) is 6.25. The second kappa shape index (κ2) is 10.0. The van der Waals surface area contributed by atoms with Crippen molar-refractivity contribution >= 4 is 18.2 Å². The van der Waals surface area contributed by atoms with Gasteiger partial charge in [-0.2, -0.15) is 10.2 Å². The van der Waals surface area contributed by atoms with Gasteiger partial charge in [-0.1, -0.05) is 56.3 Å². The predicted molar refractivity (Wildman–Crippen MR) is 127 cm³/mol. The average molecular weight is 415 g/mol. The minimum absolute atomic E-state index is 0.233. The number of hydrogen-bond donors (Lipinski definition) is 1. The van der Waals surface area contributed by atoms with Crippen LogP contribution in [0, 0.1) is 13.8 Å². The Morgan fingerprint density at radius 1 is 1.10 bits per heavy atom. The lowest BCUT2D eigenvalue weighted by molar-refractivity contribution is 0.0955. The van der Waals surface area contributed by atoms with E-state index in [0.29, 0.717) is 18.0 Å². The molecule has 0 aliphatic heterocycles. The third-order valence-electron chi connectivity index (χ3n) is 5.08. The smallest absolute Gasteiger partial charge is 0.267 e. The number of allylic oxidation sites excluding steroid dienone is 1. The number of carbonyl (C=O) groups excluding carboxylic acids is 1. The Labute approximate surface area is 184 Å². The van der Waals surface area contributed by atoms with E-state index < -0.39 is 0 Å². The summed E-state index contributed by atoms with van der Waals surface area (Å²) in [7, 11) is 0.